The average Bonchev–Trinajstić information content (AvgIpc) is 3.13. The van der Waals surface area contributed by atoms with E-state index in [-0.39, 0.29) is 15.5 Å². The first kappa shape index (κ1) is 19.0. The summed E-state index contributed by atoms with van der Waals surface area (Å²) in [6, 6.07) is 9.05. The lowest BCUT2D eigenvalue weighted by molar-refractivity contribution is 0.597. The maximum absolute atomic E-state index is 12.1. The third-order valence-electron chi connectivity index (χ3n) is 3.71. The molecule has 3 aromatic rings. The van der Waals surface area contributed by atoms with Crippen molar-refractivity contribution in [2.45, 2.75) is 16.3 Å². The fraction of sp³-hybridized carbons (Fsp3) is 0.125. The molecule has 142 valence electrons. The Kier molecular flexibility index (Phi) is 5.00. The summed E-state index contributed by atoms with van der Waals surface area (Å²) < 4.78 is 48.7. The first-order valence-corrected chi connectivity index (χ1v) is 11.1. The van der Waals surface area contributed by atoms with Gasteiger partial charge in [-0.15, -0.1) is 0 Å². The van der Waals surface area contributed by atoms with Crippen LogP contribution >= 0.6 is 0 Å². The molecule has 0 saturated carbocycles. The van der Waals surface area contributed by atoms with Crippen molar-refractivity contribution in [3.05, 3.63) is 60.6 Å². The molecule has 11 heteroatoms. The van der Waals surface area contributed by atoms with Crippen LogP contribution < -0.4 is 10.5 Å². The number of sulfone groups is 1. The molecule has 3 rings (SSSR count). The minimum atomic E-state index is -4.01. The minimum absolute atomic E-state index is 0.143. The summed E-state index contributed by atoms with van der Waals surface area (Å²) in [4.78, 5) is 3.82. The lowest BCUT2D eigenvalue weighted by Crippen LogP contribution is -2.14. The van der Waals surface area contributed by atoms with Crippen LogP contribution in [0.3, 0.4) is 0 Å². The van der Waals surface area contributed by atoms with E-state index >= 15 is 0 Å². The molecule has 0 fully saturated rings. The molecular weight excluding hydrogens is 390 g/mol. The van der Waals surface area contributed by atoms with Crippen LogP contribution in [-0.4, -0.2) is 37.9 Å². The third-order valence-corrected chi connectivity index (χ3v) is 5.76. The minimum Gasteiger partial charge on any atom is -0.380 e. The van der Waals surface area contributed by atoms with E-state index in [1.54, 1.807) is 41.5 Å². The van der Waals surface area contributed by atoms with Crippen molar-refractivity contribution in [2.75, 3.05) is 11.6 Å². The van der Waals surface area contributed by atoms with E-state index in [4.69, 9.17) is 5.14 Å². The van der Waals surface area contributed by atoms with Crippen LogP contribution in [0.25, 0.3) is 5.82 Å². The number of aromatic nitrogens is 3. The van der Waals surface area contributed by atoms with Gasteiger partial charge in [0.2, 0.25) is 10.0 Å². The van der Waals surface area contributed by atoms with Gasteiger partial charge in [0.1, 0.15) is 0 Å². The molecule has 0 aliphatic heterocycles. The van der Waals surface area contributed by atoms with Crippen molar-refractivity contribution in [1.29, 1.82) is 0 Å². The summed E-state index contributed by atoms with van der Waals surface area (Å²) in [7, 11) is -7.68. The highest BCUT2D eigenvalue weighted by Crippen LogP contribution is 2.25. The highest BCUT2D eigenvalue weighted by atomic mass is 32.2. The van der Waals surface area contributed by atoms with E-state index < -0.39 is 19.9 Å². The molecule has 0 atom stereocenters. The normalized spacial score (nSPS) is 12.1. The number of primary sulfonamides is 1. The van der Waals surface area contributed by atoms with Crippen molar-refractivity contribution in [1.82, 2.24) is 14.8 Å². The van der Waals surface area contributed by atoms with Gasteiger partial charge in [0, 0.05) is 31.4 Å². The predicted octanol–water partition coefficient (Wildman–Crippen LogP) is 0.930. The average molecular weight is 407 g/mol. The predicted molar refractivity (Wildman–Crippen MR) is 99.6 cm³/mol. The van der Waals surface area contributed by atoms with Crippen LogP contribution in [0.5, 0.6) is 0 Å². The number of nitrogens with zero attached hydrogens (tertiary/aromatic N) is 3. The zero-order chi connectivity index (χ0) is 19.7. The molecule has 0 unspecified atom stereocenters. The molecule has 9 nitrogen and oxygen atoms in total. The fourth-order valence-corrected chi connectivity index (χ4v) is 3.93. The van der Waals surface area contributed by atoms with E-state index in [2.05, 4.69) is 15.4 Å². The van der Waals surface area contributed by atoms with E-state index in [1.807, 2.05) is 0 Å². The Morgan fingerprint density at radius 2 is 1.89 bits per heavy atom. The number of sulfonamides is 1. The molecule has 0 aliphatic carbocycles. The van der Waals surface area contributed by atoms with Crippen molar-refractivity contribution < 1.29 is 16.8 Å². The van der Waals surface area contributed by atoms with Gasteiger partial charge >= 0.3 is 0 Å². The highest BCUT2D eigenvalue weighted by Gasteiger charge is 2.18. The summed E-state index contributed by atoms with van der Waals surface area (Å²) >= 11 is 0. The molecule has 27 heavy (non-hydrogen) atoms. The molecule has 0 amide bonds. The molecular formula is C16H17N5O4S2. The molecule has 0 saturated heterocycles. The van der Waals surface area contributed by atoms with Gasteiger partial charge in [-0.25, -0.2) is 31.6 Å². The second-order valence-corrected chi connectivity index (χ2v) is 9.35. The van der Waals surface area contributed by atoms with Crippen LogP contribution in [0.15, 0.2) is 64.8 Å². The number of hydrogen-bond donors (Lipinski definition) is 2. The summed E-state index contributed by atoms with van der Waals surface area (Å²) in [6.07, 6.45) is 6.02. The number of hydrogen-bond acceptors (Lipinski definition) is 7. The Balaban J connectivity index is 1.89. The van der Waals surface area contributed by atoms with Gasteiger partial charge in [0.05, 0.1) is 15.5 Å². The summed E-state index contributed by atoms with van der Waals surface area (Å²) in [5.41, 5.74) is 1.12. The molecule has 1 aromatic carbocycles. The maximum Gasteiger partial charge on any atom is 0.238 e. The van der Waals surface area contributed by atoms with Crippen molar-refractivity contribution in [3.63, 3.8) is 0 Å². The number of nitrogens with one attached hydrogen (secondary N) is 1. The number of anilines is 1. The Labute approximate surface area is 156 Å². The van der Waals surface area contributed by atoms with E-state index in [0.29, 0.717) is 12.4 Å². The fourth-order valence-electron chi connectivity index (χ4n) is 2.43. The van der Waals surface area contributed by atoms with Gasteiger partial charge in [0.15, 0.2) is 15.7 Å². The monoisotopic (exact) mass is 407 g/mol. The second-order valence-electron chi connectivity index (χ2n) is 5.80. The Morgan fingerprint density at radius 3 is 2.52 bits per heavy atom. The first-order valence-electron chi connectivity index (χ1n) is 7.70. The van der Waals surface area contributed by atoms with Crippen LogP contribution in [0.4, 0.5) is 5.69 Å². The Morgan fingerprint density at radius 1 is 1.11 bits per heavy atom. The first-order chi connectivity index (χ1) is 12.6. The van der Waals surface area contributed by atoms with Gasteiger partial charge in [-0.3, -0.25) is 0 Å². The van der Waals surface area contributed by atoms with Crippen LogP contribution in [0, 0.1) is 0 Å². The molecule has 0 aliphatic rings. The Bertz CT molecular complexity index is 1170. The smallest absolute Gasteiger partial charge is 0.238 e. The standard InChI is InChI=1S/C16H17N5O4S2/c1-26(22,23)15-10-13(27(17,24)25)3-4-14(15)19-11-12-5-7-18-16(9-12)21-8-2-6-20-21/h2-10,19H,11H2,1H3,(H2,17,24,25). The van der Waals surface area contributed by atoms with E-state index in [9.17, 15) is 16.8 Å². The SMILES string of the molecule is CS(=O)(=O)c1cc(S(N)(=O)=O)ccc1NCc1ccnc(-n2cccn2)c1. The molecule has 0 radical (unpaired) electrons. The molecule has 0 bridgehead atoms. The topological polar surface area (TPSA) is 137 Å². The third kappa shape index (κ3) is 4.51. The quantitative estimate of drug-likeness (QED) is 0.620. The van der Waals surface area contributed by atoms with Gasteiger partial charge in [-0.2, -0.15) is 5.10 Å². The van der Waals surface area contributed by atoms with Crippen molar-refractivity contribution in [2.24, 2.45) is 5.14 Å². The highest BCUT2D eigenvalue weighted by molar-refractivity contribution is 7.91. The molecule has 0 spiro atoms. The number of pyridine rings is 1. The maximum atomic E-state index is 12.1. The van der Waals surface area contributed by atoms with Gasteiger partial charge in [-0.1, -0.05) is 0 Å². The molecule has 2 aromatic heterocycles. The summed E-state index contributed by atoms with van der Waals surface area (Å²) in [6.45, 7) is 0.300. The van der Waals surface area contributed by atoms with Crippen LogP contribution in [-0.2, 0) is 26.4 Å². The van der Waals surface area contributed by atoms with Gasteiger partial charge in [-0.05, 0) is 42.0 Å². The summed E-state index contributed by atoms with van der Waals surface area (Å²) in [5, 5.41) is 12.2. The largest absolute Gasteiger partial charge is 0.380 e. The van der Waals surface area contributed by atoms with Crippen molar-refractivity contribution >= 4 is 25.5 Å². The van der Waals surface area contributed by atoms with Crippen LogP contribution in [0.2, 0.25) is 0 Å². The number of benzene rings is 1. The Hall–Kier alpha value is -2.76. The van der Waals surface area contributed by atoms with Gasteiger partial charge in [0.25, 0.3) is 0 Å². The zero-order valence-electron chi connectivity index (χ0n) is 14.3. The number of rotatable bonds is 6. The molecule has 3 N–H and O–H groups in total. The van der Waals surface area contributed by atoms with E-state index in [0.717, 1.165) is 17.9 Å². The molecule has 2 heterocycles. The lowest BCUT2D eigenvalue weighted by atomic mass is 10.2. The van der Waals surface area contributed by atoms with Gasteiger partial charge < -0.3 is 5.32 Å². The summed E-state index contributed by atoms with van der Waals surface area (Å²) in [5.74, 6) is 0.618. The second kappa shape index (κ2) is 7.10. The number of nitrogens with two attached hydrogens (primary N) is 1. The van der Waals surface area contributed by atoms with E-state index in [1.165, 1.54) is 12.1 Å². The lowest BCUT2D eigenvalue weighted by Gasteiger charge is -2.13. The van der Waals surface area contributed by atoms with Crippen LogP contribution in [0.1, 0.15) is 5.56 Å². The zero-order valence-corrected chi connectivity index (χ0v) is 15.9. The van der Waals surface area contributed by atoms with Crippen molar-refractivity contribution in [3.8, 4) is 5.82 Å².